The highest BCUT2D eigenvalue weighted by molar-refractivity contribution is 5.52. The van der Waals surface area contributed by atoms with Crippen LogP contribution in [0.3, 0.4) is 0 Å². The lowest BCUT2D eigenvalue weighted by atomic mass is 10.2. The number of benzene rings is 1. The average Bonchev–Trinajstić information content (AvgIpc) is 2.85. The number of rotatable bonds is 6. The van der Waals surface area contributed by atoms with E-state index in [1.54, 1.807) is 4.80 Å². The number of nitrogens with zero attached hydrogens (tertiary/aromatic N) is 4. The van der Waals surface area contributed by atoms with Crippen LogP contribution in [0.2, 0.25) is 0 Å². The van der Waals surface area contributed by atoms with E-state index in [2.05, 4.69) is 27.3 Å². The largest absolute Gasteiger partial charge is 0.311 e. The van der Waals surface area contributed by atoms with Gasteiger partial charge in [0.1, 0.15) is 0 Å². The molecule has 0 radical (unpaired) electrons. The van der Waals surface area contributed by atoms with E-state index < -0.39 is 0 Å². The topological polar surface area (TPSA) is 55.6 Å². The summed E-state index contributed by atoms with van der Waals surface area (Å²) in [4.78, 5) is 1.60. The fourth-order valence-electron chi connectivity index (χ4n) is 1.42. The van der Waals surface area contributed by atoms with Crippen LogP contribution in [-0.2, 0) is 6.54 Å². The number of hydrogen-bond acceptors (Lipinski definition) is 4. The molecule has 2 aromatic rings. The van der Waals surface area contributed by atoms with Crippen molar-refractivity contribution in [3.63, 3.8) is 0 Å². The molecule has 1 aromatic heterocycles. The quantitative estimate of drug-likeness (QED) is 0.595. The summed E-state index contributed by atoms with van der Waals surface area (Å²) in [6.45, 7) is 5.93. The van der Waals surface area contributed by atoms with Crippen molar-refractivity contribution < 1.29 is 0 Å². The van der Waals surface area contributed by atoms with Gasteiger partial charge in [0.15, 0.2) is 0 Å². The van der Waals surface area contributed by atoms with Crippen LogP contribution >= 0.6 is 0 Å². The van der Waals surface area contributed by atoms with Gasteiger partial charge in [-0.2, -0.15) is 4.80 Å². The molecule has 0 bridgehead atoms. The van der Waals surface area contributed by atoms with Gasteiger partial charge < -0.3 is 5.32 Å². The first kappa shape index (κ1) is 11.5. The van der Waals surface area contributed by atoms with Gasteiger partial charge in [0, 0.05) is 18.7 Å². The van der Waals surface area contributed by atoms with Crippen molar-refractivity contribution in [2.24, 2.45) is 0 Å². The first-order chi connectivity index (χ1) is 8.40. The Morgan fingerprint density at radius 2 is 2.12 bits per heavy atom. The lowest BCUT2D eigenvalue weighted by Crippen LogP contribution is -2.21. The Balaban J connectivity index is 1.94. The number of aromatic nitrogens is 4. The molecule has 1 heterocycles. The van der Waals surface area contributed by atoms with Crippen LogP contribution in [0.15, 0.2) is 43.0 Å². The van der Waals surface area contributed by atoms with E-state index in [1.807, 2.05) is 36.4 Å². The normalized spacial score (nSPS) is 10.4. The minimum Gasteiger partial charge on any atom is -0.311 e. The van der Waals surface area contributed by atoms with Crippen molar-refractivity contribution in [1.82, 2.24) is 25.5 Å². The molecule has 0 unspecified atom stereocenters. The minimum absolute atomic E-state index is 0.661. The summed E-state index contributed by atoms with van der Waals surface area (Å²) in [5.41, 5.74) is 0.984. The van der Waals surface area contributed by atoms with E-state index in [9.17, 15) is 0 Å². The van der Waals surface area contributed by atoms with Gasteiger partial charge in [-0.1, -0.05) is 36.4 Å². The predicted molar refractivity (Wildman–Crippen MR) is 66.3 cm³/mol. The van der Waals surface area contributed by atoms with E-state index >= 15 is 0 Å². The average molecular weight is 229 g/mol. The number of nitrogens with one attached hydrogen (secondary N) is 1. The predicted octanol–water partition coefficient (Wildman–Crippen LogP) is 1.12. The number of tetrazole rings is 1. The smallest absolute Gasteiger partial charge is 0.204 e. The molecular weight excluding hydrogens is 214 g/mol. The van der Waals surface area contributed by atoms with Gasteiger partial charge in [-0.05, 0) is 5.21 Å². The van der Waals surface area contributed by atoms with Crippen molar-refractivity contribution >= 4 is 0 Å². The first-order valence-corrected chi connectivity index (χ1v) is 5.55. The Labute approximate surface area is 100 Å². The monoisotopic (exact) mass is 229 g/mol. The molecule has 0 aliphatic rings. The summed E-state index contributed by atoms with van der Waals surface area (Å²) in [6, 6.07) is 9.82. The van der Waals surface area contributed by atoms with Crippen LogP contribution in [-0.4, -0.2) is 33.3 Å². The van der Waals surface area contributed by atoms with Gasteiger partial charge >= 0.3 is 0 Å². The molecule has 0 amide bonds. The summed E-state index contributed by atoms with van der Waals surface area (Å²) in [5, 5.41) is 15.5. The van der Waals surface area contributed by atoms with Crippen molar-refractivity contribution in [2.75, 3.05) is 13.1 Å². The van der Waals surface area contributed by atoms with Gasteiger partial charge in [-0.3, -0.25) is 0 Å². The summed E-state index contributed by atoms with van der Waals surface area (Å²) in [6.07, 6.45) is 1.82. The third-order valence-electron chi connectivity index (χ3n) is 2.26. The Morgan fingerprint density at radius 3 is 2.88 bits per heavy atom. The zero-order valence-electron chi connectivity index (χ0n) is 9.58. The third kappa shape index (κ3) is 3.22. The van der Waals surface area contributed by atoms with E-state index in [-0.39, 0.29) is 0 Å². The molecule has 0 fully saturated rings. The maximum absolute atomic E-state index is 4.31. The van der Waals surface area contributed by atoms with Gasteiger partial charge in [0.25, 0.3) is 0 Å². The van der Waals surface area contributed by atoms with Gasteiger partial charge in [0.2, 0.25) is 5.82 Å². The molecule has 0 spiro atoms. The van der Waals surface area contributed by atoms with Crippen molar-refractivity contribution in [3.05, 3.63) is 43.0 Å². The second-order valence-electron chi connectivity index (χ2n) is 3.57. The van der Waals surface area contributed by atoms with Crippen LogP contribution in [0.1, 0.15) is 0 Å². The molecule has 17 heavy (non-hydrogen) atoms. The van der Waals surface area contributed by atoms with Crippen LogP contribution in [0.5, 0.6) is 0 Å². The molecule has 5 nitrogen and oxygen atoms in total. The molecule has 1 aromatic carbocycles. The summed E-state index contributed by atoms with van der Waals surface area (Å²) < 4.78 is 0. The SMILES string of the molecule is C=CCNCCn1nnc(-c2ccccc2)n1. The maximum atomic E-state index is 4.31. The van der Waals surface area contributed by atoms with E-state index in [1.165, 1.54) is 0 Å². The molecule has 0 saturated carbocycles. The Morgan fingerprint density at radius 1 is 1.29 bits per heavy atom. The van der Waals surface area contributed by atoms with Crippen LogP contribution < -0.4 is 5.32 Å². The molecule has 0 saturated heterocycles. The highest BCUT2D eigenvalue weighted by Gasteiger charge is 2.04. The highest BCUT2D eigenvalue weighted by atomic mass is 15.6. The maximum Gasteiger partial charge on any atom is 0.204 e. The van der Waals surface area contributed by atoms with Crippen LogP contribution in [0.25, 0.3) is 11.4 Å². The van der Waals surface area contributed by atoms with Crippen molar-refractivity contribution in [2.45, 2.75) is 6.54 Å². The second-order valence-corrected chi connectivity index (χ2v) is 3.57. The Hall–Kier alpha value is -2.01. The zero-order valence-corrected chi connectivity index (χ0v) is 9.58. The molecule has 2 rings (SSSR count). The van der Waals surface area contributed by atoms with Crippen LogP contribution in [0, 0.1) is 0 Å². The Kier molecular flexibility index (Phi) is 3.99. The molecule has 88 valence electrons. The first-order valence-electron chi connectivity index (χ1n) is 5.55. The highest BCUT2D eigenvalue weighted by Crippen LogP contribution is 2.11. The van der Waals surface area contributed by atoms with Crippen molar-refractivity contribution in [1.29, 1.82) is 0 Å². The summed E-state index contributed by atoms with van der Waals surface area (Å²) in [7, 11) is 0. The standard InChI is InChI=1S/C12H15N5/c1-2-8-13-9-10-17-15-12(14-16-17)11-6-4-3-5-7-11/h2-7,13H,1,8-10H2. The molecule has 0 atom stereocenters. The van der Waals surface area contributed by atoms with Crippen molar-refractivity contribution in [3.8, 4) is 11.4 Å². The molecule has 1 N–H and O–H groups in total. The molecule has 5 heteroatoms. The van der Waals surface area contributed by atoms with Gasteiger partial charge in [-0.25, -0.2) is 0 Å². The lowest BCUT2D eigenvalue weighted by Gasteiger charge is -1.99. The van der Waals surface area contributed by atoms with Gasteiger partial charge in [0.05, 0.1) is 6.54 Å². The zero-order chi connectivity index (χ0) is 11.9. The third-order valence-corrected chi connectivity index (χ3v) is 2.26. The van der Waals surface area contributed by atoms with E-state index in [4.69, 9.17) is 0 Å². The summed E-state index contributed by atoms with van der Waals surface area (Å²) >= 11 is 0. The van der Waals surface area contributed by atoms with E-state index in [0.717, 1.165) is 18.7 Å². The Bertz CT molecular complexity index is 463. The summed E-state index contributed by atoms with van der Waals surface area (Å²) in [5.74, 6) is 0.661. The fourth-order valence-corrected chi connectivity index (χ4v) is 1.42. The second kappa shape index (κ2) is 5.91. The lowest BCUT2D eigenvalue weighted by molar-refractivity contribution is 0.501. The van der Waals surface area contributed by atoms with Crippen LogP contribution in [0.4, 0.5) is 0 Å². The minimum atomic E-state index is 0.661. The number of hydrogen-bond donors (Lipinski definition) is 1. The molecular formula is C12H15N5. The molecule has 0 aliphatic heterocycles. The van der Waals surface area contributed by atoms with E-state index in [0.29, 0.717) is 12.4 Å². The fraction of sp³-hybridized carbons (Fsp3) is 0.250. The molecule has 0 aliphatic carbocycles. The van der Waals surface area contributed by atoms with Gasteiger partial charge in [-0.15, -0.1) is 16.8 Å².